The summed E-state index contributed by atoms with van der Waals surface area (Å²) in [6.07, 6.45) is 0. The molecule has 0 aliphatic carbocycles. The summed E-state index contributed by atoms with van der Waals surface area (Å²) in [6.45, 7) is 3.72. The van der Waals surface area contributed by atoms with Gasteiger partial charge in [-0.3, -0.25) is 4.72 Å². The van der Waals surface area contributed by atoms with Gasteiger partial charge < -0.3 is 0 Å². The second kappa shape index (κ2) is 4.86. The number of nitrogens with one attached hydrogen (secondary N) is 1. The van der Waals surface area contributed by atoms with E-state index in [-0.39, 0.29) is 11.7 Å². The maximum Gasteiger partial charge on any atom is 0.232 e. The first kappa shape index (κ1) is 12.3. The van der Waals surface area contributed by atoms with Gasteiger partial charge in [0.25, 0.3) is 0 Å². The van der Waals surface area contributed by atoms with Crippen LogP contribution in [0.25, 0.3) is 0 Å². The number of sulfonamides is 1. The Morgan fingerprint density at radius 1 is 1.40 bits per heavy atom. The SMILES string of the molecule is CC(C)CS(=O)(=O)Nc1cccc(Cl)c1. The van der Waals surface area contributed by atoms with Gasteiger partial charge in [0.05, 0.1) is 5.75 Å². The maximum atomic E-state index is 11.6. The second-order valence-electron chi connectivity index (χ2n) is 3.79. The van der Waals surface area contributed by atoms with Crippen molar-refractivity contribution in [1.82, 2.24) is 0 Å². The van der Waals surface area contributed by atoms with Crippen molar-refractivity contribution in [2.75, 3.05) is 10.5 Å². The lowest BCUT2D eigenvalue weighted by molar-refractivity contribution is 0.587. The van der Waals surface area contributed by atoms with E-state index in [1.165, 1.54) is 0 Å². The van der Waals surface area contributed by atoms with Gasteiger partial charge in [0.15, 0.2) is 0 Å². The number of rotatable bonds is 4. The molecular formula is C10H14ClNO2S. The number of halogens is 1. The fourth-order valence-corrected chi connectivity index (χ4v) is 2.85. The summed E-state index contributed by atoms with van der Waals surface area (Å²) in [4.78, 5) is 0. The average molecular weight is 248 g/mol. The number of hydrogen-bond acceptors (Lipinski definition) is 2. The van der Waals surface area contributed by atoms with Crippen LogP contribution in [0.5, 0.6) is 0 Å². The first-order valence-corrected chi connectivity index (χ1v) is 6.68. The van der Waals surface area contributed by atoms with Crippen LogP contribution in [0, 0.1) is 5.92 Å². The van der Waals surface area contributed by atoms with Crippen LogP contribution in [0.1, 0.15) is 13.8 Å². The molecule has 0 aliphatic rings. The summed E-state index contributed by atoms with van der Waals surface area (Å²) in [6, 6.07) is 6.65. The second-order valence-corrected chi connectivity index (χ2v) is 5.99. The molecule has 3 nitrogen and oxygen atoms in total. The highest BCUT2D eigenvalue weighted by Gasteiger charge is 2.12. The molecule has 0 fully saturated rings. The Labute approximate surface area is 95.5 Å². The molecule has 0 radical (unpaired) electrons. The predicted molar refractivity (Wildman–Crippen MR) is 63.7 cm³/mol. The van der Waals surface area contributed by atoms with Gasteiger partial charge in [-0.15, -0.1) is 0 Å². The van der Waals surface area contributed by atoms with Crippen molar-refractivity contribution in [3.63, 3.8) is 0 Å². The van der Waals surface area contributed by atoms with E-state index in [9.17, 15) is 8.42 Å². The standard InChI is InChI=1S/C10H14ClNO2S/c1-8(2)7-15(13,14)12-10-5-3-4-9(11)6-10/h3-6,8,12H,7H2,1-2H3. The fourth-order valence-electron chi connectivity index (χ4n) is 1.21. The Morgan fingerprint density at radius 3 is 2.60 bits per heavy atom. The van der Waals surface area contributed by atoms with Crippen molar-refractivity contribution in [3.05, 3.63) is 29.3 Å². The Kier molecular flexibility index (Phi) is 3.99. The van der Waals surface area contributed by atoms with Gasteiger partial charge in [0, 0.05) is 10.7 Å². The summed E-state index contributed by atoms with van der Waals surface area (Å²) in [5, 5.41) is 0.514. The van der Waals surface area contributed by atoms with Crippen LogP contribution >= 0.6 is 11.6 Å². The Hall–Kier alpha value is -0.740. The Balaban J connectivity index is 2.78. The molecule has 15 heavy (non-hydrogen) atoms. The van der Waals surface area contributed by atoms with E-state index in [4.69, 9.17) is 11.6 Å². The molecule has 0 unspecified atom stereocenters. The first-order valence-electron chi connectivity index (χ1n) is 4.65. The van der Waals surface area contributed by atoms with Crippen molar-refractivity contribution < 1.29 is 8.42 Å². The van der Waals surface area contributed by atoms with Gasteiger partial charge in [-0.2, -0.15) is 0 Å². The van der Waals surface area contributed by atoms with Crippen molar-refractivity contribution in [2.24, 2.45) is 5.92 Å². The average Bonchev–Trinajstić information content (AvgIpc) is 1.99. The van der Waals surface area contributed by atoms with Crippen molar-refractivity contribution in [2.45, 2.75) is 13.8 Å². The largest absolute Gasteiger partial charge is 0.283 e. The Bertz CT molecular complexity index is 429. The third kappa shape index (κ3) is 4.53. The van der Waals surface area contributed by atoms with Crippen molar-refractivity contribution in [1.29, 1.82) is 0 Å². The van der Waals surface area contributed by atoms with E-state index in [2.05, 4.69) is 4.72 Å². The summed E-state index contributed by atoms with van der Waals surface area (Å²) in [5.41, 5.74) is 0.503. The molecular weight excluding hydrogens is 234 g/mol. The normalized spacial score (nSPS) is 11.7. The molecule has 0 saturated carbocycles. The lowest BCUT2D eigenvalue weighted by atomic mass is 10.3. The van der Waals surface area contributed by atoms with E-state index in [1.54, 1.807) is 24.3 Å². The molecule has 0 aliphatic heterocycles. The zero-order valence-electron chi connectivity index (χ0n) is 8.70. The summed E-state index contributed by atoms with van der Waals surface area (Å²) in [7, 11) is -3.26. The van der Waals surface area contributed by atoms with Gasteiger partial charge in [0.2, 0.25) is 10.0 Å². The van der Waals surface area contributed by atoms with Crippen molar-refractivity contribution >= 4 is 27.3 Å². The van der Waals surface area contributed by atoms with E-state index in [0.29, 0.717) is 10.7 Å². The van der Waals surface area contributed by atoms with Gasteiger partial charge in [-0.25, -0.2) is 8.42 Å². The minimum atomic E-state index is -3.26. The van der Waals surface area contributed by atoms with Crippen LogP contribution < -0.4 is 4.72 Å². The monoisotopic (exact) mass is 247 g/mol. The number of hydrogen-bond donors (Lipinski definition) is 1. The van der Waals surface area contributed by atoms with Crippen LogP contribution in [0.4, 0.5) is 5.69 Å². The quantitative estimate of drug-likeness (QED) is 0.889. The summed E-state index contributed by atoms with van der Waals surface area (Å²) in [5.74, 6) is 0.209. The third-order valence-corrected chi connectivity index (χ3v) is 3.54. The molecule has 5 heteroatoms. The summed E-state index contributed by atoms with van der Waals surface area (Å²) < 4.78 is 25.6. The topological polar surface area (TPSA) is 46.2 Å². The van der Waals surface area contributed by atoms with Gasteiger partial charge >= 0.3 is 0 Å². The lowest BCUT2D eigenvalue weighted by Crippen LogP contribution is -2.19. The minimum Gasteiger partial charge on any atom is -0.283 e. The van der Waals surface area contributed by atoms with Crippen LogP contribution in [0.3, 0.4) is 0 Å². The molecule has 1 rings (SSSR count). The smallest absolute Gasteiger partial charge is 0.232 e. The van der Waals surface area contributed by atoms with E-state index >= 15 is 0 Å². The molecule has 0 amide bonds. The molecule has 0 heterocycles. The van der Waals surface area contributed by atoms with Crippen LogP contribution in [-0.4, -0.2) is 14.2 Å². The summed E-state index contributed by atoms with van der Waals surface area (Å²) >= 11 is 5.74. The maximum absolute atomic E-state index is 11.6. The molecule has 0 aromatic heterocycles. The number of anilines is 1. The fraction of sp³-hybridized carbons (Fsp3) is 0.400. The van der Waals surface area contributed by atoms with E-state index < -0.39 is 10.0 Å². The zero-order valence-corrected chi connectivity index (χ0v) is 10.3. The molecule has 0 spiro atoms. The highest BCUT2D eigenvalue weighted by Crippen LogP contribution is 2.16. The highest BCUT2D eigenvalue weighted by molar-refractivity contribution is 7.92. The molecule has 1 aromatic rings. The van der Waals surface area contributed by atoms with Gasteiger partial charge in [-0.05, 0) is 24.1 Å². The zero-order chi connectivity index (χ0) is 11.5. The van der Waals surface area contributed by atoms with E-state index in [1.807, 2.05) is 13.8 Å². The highest BCUT2D eigenvalue weighted by atomic mass is 35.5. The lowest BCUT2D eigenvalue weighted by Gasteiger charge is -2.09. The molecule has 1 aromatic carbocycles. The van der Waals surface area contributed by atoms with Gasteiger partial charge in [-0.1, -0.05) is 31.5 Å². The number of benzene rings is 1. The third-order valence-electron chi connectivity index (χ3n) is 1.65. The first-order chi connectivity index (χ1) is 6.89. The minimum absolute atomic E-state index is 0.0988. The molecule has 1 N–H and O–H groups in total. The molecule has 0 atom stereocenters. The van der Waals surface area contributed by atoms with Crippen LogP contribution in [0.15, 0.2) is 24.3 Å². The van der Waals surface area contributed by atoms with E-state index in [0.717, 1.165) is 0 Å². The van der Waals surface area contributed by atoms with Crippen LogP contribution in [-0.2, 0) is 10.0 Å². The molecule has 0 bridgehead atoms. The Morgan fingerprint density at radius 2 is 2.07 bits per heavy atom. The van der Waals surface area contributed by atoms with Crippen molar-refractivity contribution in [3.8, 4) is 0 Å². The molecule has 0 saturated heterocycles. The van der Waals surface area contributed by atoms with Crippen LogP contribution in [0.2, 0.25) is 5.02 Å². The molecule has 84 valence electrons. The van der Waals surface area contributed by atoms with Gasteiger partial charge in [0.1, 0.15) is 0 Å². The predicted octanol–water partition coefficient (Wildman–Crippen LogP) is 2.74.